The van der Waals surface area contributed by atoms with E-state index in [1.54, 1.807) is 12.1 Å². The van der Waals surface area contributed by atoms with Crippen molar-refractivity contribution in [2.45, 2.75) is 83.2 Å². The van der Waals surface area contributed by atoms with Crippen LogP contribution in [0.15, 0.2) is 78.9 Å². The van der Waals surface area contributed by atoms with E-state index in [1.165, 1.54) is 11.1 Å². The lowest BCUT2D eigenvalue weighted by atomic mass is 9.88. The van der Waals surface area contributed by atoms with Crippen LogP contribution in [0.2, 0.25) is 0 Å². The lowest BCUT2D eigenvalue weighted by molar-refractivity contribution is -0.284. The first-order valence-electron chi connectivity index (χ1n) is 16.8. The Balaban J connectivity index is 1.28. The Morgan fingerprint density at radius 3 is 1.88 bits per heavy atom. The molecule has 0 radical (unpaired) electrons. The highest BCUT2D eigenvalue weighted by Crippen LogP contribution is 2.39. The highest BCUT2D eigenvalue weighted by Gasteiger charge is 2.56. The zero-order valence-corrected chi connectivity index (χ0v) is 28.5. The van der Waals surface area contributed by atoms with E-state index in [9.17, 15) is 31.6 Å². The number of unbranched alkanes of at least 4 members (excludes halogenated alkanes) is 6. The summed E-state index contributed by atoms with van der Waals surface area (Å²) in [5, 5.41) is 13.3. The van der Waals surface area contributed by atoms with E-state index in [-0.39, 0.29) is 11.5 Å². The molecule has 10 heteroatoms. The molecule has 0 spiro atoms. The number of allylic oxidation sites excluding steroid dienone is 1. The van der Waals surface area contributed by atoms with Crippen molar-refractivity contribution in [3.8, 4) is 11.5 Å². The molecule has 0 saturated heterocycles. The fourth-order valence-electron chi connectivity index (χ4n) is 5.49. The maximum absolute atomic E-state index is 12.9. The van der Waals surface area contributed by atoms with Crippen molar-refractivity contribution in [1.82, 2.24) is 5.32 Å². The number of alkyl halides is 5. The number of nitrogens with one attached hydrogen (secondary N) is 1. The van der Waals surface area contributed by atoms with Crippen LogP contribution in [-0.4, -0.2) is 53.0 Å². The van der Waals surface area contributed by atoms with Gasteiger partial charge in [-0.3, -0.25) is 0 Å². The first-order chi connectivity index (χ1) is 23.0. The van der Waals surface area contributed by atoms with Crippen LogP contribution in [0.25, 0.3) is 11.1 Å². The van der Waals surface area contributed by atoms with Gasteiger partial charge in [-0.25, -0.2) is 0 Å². The number of aromatic hydroxyl groups is 1. The first-order valence-corrected chi connectivity index (χ1v) is 18.3. The van der Waals surface area contributed by atoms with Gasteiger partial charge in [-0.15, -0.1) is 0 Å². The van der Waals surface area contributed by atoms with E-state index in [2.05, 4.69) is 36.5 Å². The zero-order valence-electron chi connectivity index (χ0n) is 27.7. The number of phenolic OH excluding ortho intramolecular Hbond substituents is 1. The predicted molar refractivity (Wildman–Crippen MR) is 186 cm³/mol. The van der Waals surface area contributed by atoms with Crippen LogP contribution in [0.5, 0.6) is 11.5 Å². The van der Waals surface area contributed by atoms with E-state index < -0.39 is 36.1 Å². The van der Waals surface area contributed by atoms with Crippen molar-refractivity contribution < 1.29 is 36.3 Å². The molecule has 1 atom stereocenters. The lowest BCUT2D eigenvalue weighted by Crippen LogP contribution is -2.36. The molecule has 0 heterocycles. The van der Waals surface area contributed by atoms with E-state index >= 15 is 0 Å². The molecule has 0 aliphatic rings. The Labute approximate surface area is 285 Å². The SMILES string of the molecule is CCC(=C(c1ccc(O)cc1)c1ccc(OCCNCCCCCCCCC[S+]([O-])CCCC(F)(F)C(F)(F)F)cc1)c1ccccc1. The van der Waals surface area contributed by atoms with Crippen LogP contribution in [0.3, 0.4) is 0 Å². The Hall–Kier alpha value is -3.08. The van der Waals surface area contributed by atoms with Crippen molar-refractivity contribution in [2.24, 2.45) is 0 Å². The van der Waals surface area contributed by atoms with Crippen LogP contribution < -0.4 is 10.1 Å². The van der Waals surface area contributed by atoms with Crippen molar-refractivity contribution in [3.05, 3.63) is 95.6 Å². The molecular formula is C38H48F5NO3S. The number of rotatable bonds is 22. The summed E-state index contributed by atoms with van der Waals surface area (Å²) in [4.78, 5) is 0. The Kier molecular flexibility index (Phi) is 16.8. The molecule has 0 bridgehead atoms. The van der Waals surface area contributed by atoms with Gasteiger partial charge < -0.3 is 19.7 Å². The molecule has 0 aromatic heterocycles. The molecule has 0 saturated carbocycles. The molecular weight excluding hydrogens is 645 g/mol. The fraction of sp³-hybridized carbons (Fsp3) is 0.474. The third-order valence-corrected chi connectivity index (χ3v) is 9.62. The molecule has 3 aromatic carbocycles. The third kappa shape index (κ3) is 13.4. The summed E-state index contributed by atoms with van der Waals surface area (Å²) in [7, 11) is 0. The zero-order chi connectivity index (χ0) is 34.8. The van der Waals surface area contributed by atoms with Gasteiger partial charge >= 0.3 is 12.1 Å². The van der Waals surface area contributed by atoms with Gasteiger partial charge in [0.15, 0.2) is 0 Å². The fourth-order valence-corrected chi connectivity index (χ4v) is 6.68. The topological polar surface area (TPSA) is 64.5 Å². The normalized spacial score (nSPS) is 13.3. The van der Waals surface area contributed by atoms with Gasteiger partial charge in [-0.1, -0.05) is 98.4 Å². The lowest BCUT2D eigenvalue weighted by Gasteiger charge is -2.19. The van der Waals surface area contributed by atoms with E-state index in [4.69, 9.17) is 4.74 Å². The van der Waals surface area contributed by atoms with Gasteiger partial charge in [0.05, 0.1) is 0 Å². The summed E-state index contributed by atoms with van der Waals surface area (Å²) >= 11 is -1.36. The van der Waals surface area contributed by atoms with Crippen molar-refractivity contribution in [2.75, 3.05) is 31.2 Å². The van der Waals surface area contributed by atoms with Crippen LogP contribution in [-0.2, 0) is 11.2 Å². The molecule has 1 unspecified atom stereocenters. The minimum Gasteiger partial charge on any atom is -0.616 e. The second-order valence-corrected chi connectivity index (χ2v) is 13.6. The number of hydrogen-bond donors (Lipinski definition) is 2. The quantitative estimate of drug-likeness (QED) is 0.0476. The highest BCUT2D eigenvalue weighted by molar-refractivity contribution is 7.91. The van der Waals surface area contributed by atoms with Crippen molar-refractivity contribution >= 4 is 22.3 Å². The molecule has 2 N–H and O–H groups in total. The molecule has 48 heavy (non-hydrogen) atoms. The Bertz CT molecular complexity index is 1350. The van der Waals surface area contributed by atoms with Gasteiger partial charge in [-0.05, 0) is 90.8 Å². The van der Waals surface area contributed by atoms with Gasteiger partial charge in [0.1, 0.15) is 29.6 Å². The summed E-state index contributed by atoms with van der Waals surface area (Å²) in [6, 6.07) is 25.8. The maximum Gasteiger partial charge on any atom is 0.453 e. The summed E-state index contributed by atoms with van der Waals surface area (Å²) < 4.78 is 80.2. The molecule has 0 amide bonds. The molecule has 0 aliphatic carbocycles. The van der Waals surface area contributed by atoms with Crippen molar-refractivity contribution in [3.63, 3.8) is 0 Å². The number of benzene rings is 3. The number of halogens is 5. The summed E-state index contributed by atoms with van der Waals surface area (Å²) in [5.74, 6) is -3.45. The average Bonchev–Trinajstić information content (AvgIpc) is 3.06. The van der Waals surface area contributed by atoms with Gasteiger partial charge in [-0.2, -0.15) is 22.0 Å². The largest absolute Gasteiger partial charge is 0.616 e. The molecule has 264 valence electrons. The Morgan fingerprint density at radius 1 is 0.708 bits per heavy atom. The smallest absolute Gasteiger partial charge is 0.453 e. The molecule has 0 aliphatic heterocycles. The van der Waals surface area contributed by atoms with Gasteiger partial charge in [0, 0.05) is 13.0 Å². The molecule has 3 aromatic rings. The molecule has 4 nitrogen and oxygen atoms in total. The van der Waals surface area contributed by atoms with Crippen LogP contribution >= 0.6 is 0 Å². The van der Waals surface area contributed by atoms with Crippen LogP contribution in [0.4, 0.5) is 22.0 Å². The van der Waals surface area contributed by atoms with E-state index in [0.29, 0.717) is 18.8 Å². The number of phenols is 1. The van der Waals surface area contributed by atoms with Gasteiger partial charge in [0.2, 0.25) is 0 Å². The third-order valence-electron chi connectivity index (χ3n) is 8.13. The summed E-state index contributed by atoms with van der Waals surface area (Å²) in [5.41, 5.74) is 5.64. The maximum atomic E-state index is 12.9. The average molecular weight is 694 g/mol. The number of ether oxygens (including phenoxy) is 1. The second kappa shape index (κ2) is 20.4. The second-order valence-electron chi connectivity index (χ2n) is 11.9. The first kappa shape index (κ1) is 39.4. The minimum absolute atomic E-state index is 0.120. The minimum atomic E-state index is -5.55. The number of hydrogen-bond acceptors (Lipinski definition) is 4. The predicted octanol–water partition coefficient (Wildman–Crippen LogP) is 10.2. The van der Waals surface area contributed by atoms with Crippen LogP contribution in [0.1, 0.15) is 87.8 Å². The van der Waals surface area contributed by atoms with Gasteiger partial charge in [0.25, 0.3) is 0 Å². The highest BCUT2D eigenvalue weighted by atomic mass is 32.2. The standard InChI is InChI=1S/C38H48F5NO3S/c1-2-35(30-14-9-8-10-15-30)36(31-16-20-33(45)21-17-31)32-18-22-34(23-19-32)47-27-26-44-25-11-6-4-3-5-7-12-28-48(46)29-13-24-37(39,40)38(41,42)43/h8-10,14-23,44-45H,2-7,11-13,24-29H2,1H3. The van der Waals surface area contributed by atoms with Crippen molar-refractivity contribution in [1.29, 1.82) is 0 Å². The Morgan fingerprint density at radius 2 is 1.27 bits per heavy atom. The monoisotopic (exact) mass is 693 g/mol. The summed E-state index contributed by atoms with van der Waals surface area (Å²) in [6.07, 6.45) is 0.437. The van der Waals surface area contributed by atoms with Crippen LogP contribution in [0, 0.1) is 0 Å². The van der Waals surface area contributed by atoms with E-state index in [0.717, 1.165) is 80.5 Å². The summed E-state index contributed by atoms with van der Waals surface area (Å²) in [6.45, 7) is 4.34. The molecule has 0 fully saturated rings. The molecule has 3 rings (SSSR count). The van der Waals surface area contributed by atoms with E-state index in [1.807, 2.05) is 42.5 Å².